The lowest BCUT2D eigenvalue weighted by atomic mass is 9.65. The number of carbonyl (C=O) groups excluding carboxylic acids is 3. The predicted molar refractivity (Wildman–Crippen MR) is 159 cm³/mol. The van der Waals surface area contributed by atoms with Gasteiger partial charge in [0.15, 0.2) is 0 Å². The van der Waals surface area contributed by atoms with Crippen molar-refractivity contribution in [1.29, 1.82) is 0 Å². The average molecular weight is 578 g/mol. The first-order chi connectivity index (χ1) is 20.2. The number of benzene rings is 2. The first kappa shape index (κ1) is 30.0. The predicted octanol–water partition coefficient (Wildman–Crippen LogP) is 3.90. The topological polar surface area (TPSA) is 117 Å². The molecule has 9 nitrogen and oxygen atoms in total. The van der Waals surface area contributed by atoms with Crippen molar-refractivity contribution in [3.63, 3.8) is 0 Å². The van der Waals surface area contributed by atoms with E-state index in [0.717, 1.165) is 5.56 Å². The van der Waals surface area contributed by atoms with Gasteiger partial charge < -0.3 is 30.1 Å². The molecule has 226 valence electrons. The Morgan fingerprint density at radius 1 is 1.07 bits per heavy atom. The molecule has 1 spiro atoms. The average Bonchev–Trinajstić information content (AvgIpc) is 3.61. The third-order valence-corrected chi connectivity index (χ3v) is 9.74. The van der Waals surface area contributed by atoms with Gasteiger partial charge in [0.25, 0.3) is 0 Å². The van der Waals surface area contributed by atoms with Crippen molar-refractivity contribution < 1.29 is 29.0 Å². The van der Waals surface area contributed by atoms with Crippen molar-refractivity contribution >= 4 is 23.4 Å². The highest BCUT2D eigenvalue weighted by atomic mass is 16.5. The van der Waals surface area contributed by atoms with Gasteiger partial charge in [-0.3, -0.25) is 14.4 Å². The number of aliphatic hydroxyl groups excluding tert-OH is 1. The summed E-state index contributed by atoms with van der Waals surface area (Å²) < 4.78 is 12.4. The van der Waals surface area contributed by atoms with E-state index in [1.165, 1.54) is 0 Å². The van der Waals surface area contributed by atoms with E-state index in [2.05, 4.69) is 10.6 Å². The summed E-state index contributed by atoms with van der Waals surface area (Å²) in [6.07, 6.45) is 2.31. The van der Waals surface area contributed by atoms with Crippen LogP contribution in [0.3, 0.4) is 0 Å². The van der Waals surface area contributed by atoms with Crippen molar-refractivity contribution in [2.45, 2.75) is 83.2 Å². The summed E-state index contributed by atoms with van der Waals surface area (Å²) in [6, 6.07) is 15.2. The van der Waals surface area contributed by atoms with Crippen LogP contribution in [0.1, 0.15) is 58.9 Å². The molecule has 0 aromatic heterocycles. The zero-order chi connectivity index (χ0) is 30.1. The van der Waals surface area contributed by atoms with Gasteiger partial charge in [0, 0.05) is 12.2 Å². The van der Waals surface area contributed by atoms with E-state index in [1.807, 2.05) is 58.0 Å². The van der Waals surface area contributed by atoms with Crippen molar-refractivity contribution in [1.82, 2.24) is 10.2 Å². The second-order valence-electron chi connectivity index (χ2n) is 11.9. The molecule has 3 N–H and O–H groups in total. The van der Waals surface area contributed by atoms with Crippen LogP contribution in [0, 0.1) is 17.8 Å². The quantitative estimate of drug-likeness (QED) is 0.352. The van der Waals surface area contributed by atoms with Crippen LogP contribution < -0.4 is 15.4 Å². The van der Waals surface area contributed by atoms with Gasteiger partial charge in [-0.2, -0.15) is 0 Å². The molecule has 3 fully saturated rings. The fraction of sp³-hybridized carbons (Fsp3) is 0.545. The van der Waals surface area contributed by atoms with Crippen LogP contribution in [0.15, 0.2) is 54.6 Å². The Morgan fingerprint density at radius 3 is 2.40 bits per heavy atom. The Balaban J connectivity index is 1.50. The zero-order valence-corrected chi connectivity index (χ0v) is 25.0. The summed E-state index contributed by atoms with van der Waals surface area (Å²) in [6.45, 7) is 8.41. The lowest BCUT2D eigenvalue weighted by Crippen LogP contribution is -2.59. The van der Waals surface area contributed by atoms with E-state index >= 15 is 0 Å². The van der Waals surface area contributed by atoms with Gasteiger partial charge in [-0.15, -0.1) is 0 Å². The van der Waals surface area contributed by atoms with Gasteiger partial charge in [0.1, 0.15) is 17.4 Å². The summed E-state index contributed by atoms with van der Waals surface area (Å²) in [5, 5.41) is 16.6. The van der Waals surface area contributed by atoms with E-state index in [9.17, 15) is 19.5 Å². The Bertz CT molecular complexity index is 1290. The van der Waals surface area contributed by atoms with E-state index in [0.29, 0.717) is 50.3 Å². The van der Waals surface area contributed by atoms with Gasteiger partial charge in [-0.1, -0.05) is 57.5 Å². The molecule has 2 bridgehead atoms. The van der Waals surface area contributed by atoms with E-state index in [-0.39, 0.29) is 30.2 Å². The van der Waals surface area contributed by atoms with Crippen LogP contribution >= 0.6 is 0 Å². The molecule has 3 heterocycles. The van der Waals surface area contributed by atoms with Gasteiger partial charge >= 0.3 is 0 Å². The highest BCUT2D eigenvalue weighted by Gasteiger charge is 2.79. The summed E-state index contributed by atoms with van der Waals surface area (Å²) in [4.78, 5) is 44.2. The molecule has 3 aliphatic heterocycles. The molecule has 7 atom stereocenters. The fourth-order valence-corrected chi connectivity index (χ4v) is 7.43. The van der Waals surface area contributed by atoms with E-state index < -0.39 is 35.1 Å². The number of anilines is 1. The minimum atomic E-state index is -1.16. The molecule has 0 saturated carbocycles. The maximum atomic E-state index is 14.5. The summed E-state index contributed by atoms with van der Waals surface area (Å²) >= 11 is 0. The van der Waals surface area contributed by atoms with Crippen LogP contribution in [-0.4, -0.2) is 64.2 Å². The smallest absolute Gasteiger partial charge is 0.246 e. The standard InChI is InChI=1S/C33H43N3O6/c1-5-21(4)25(20-37)36-28(30(39)34-19-22-11-9-8-10-12-22)33-18-17-32(6-2,42-33)26(27(33)31(36)40)29(38)35-23-13-15-24(16-14-23)41-7-3/h8-16,21,25-28,37H,5-7,17-20H2,1-4H3,(H,34,39)(H,35,38)/t21-,25-,26+,27-,28?,32-,33?/m0/s1. The number of hydrogen-bond acceptors (Lipinski definition) is 6. The Morgan fingerprint density at radius 2 is 1.79 bits per heavy atom. The molecule has 3 aliphatic rings. The summed E-state index contributed by atoms with van der Waals surface area (Å²) in [5.74, 6) is -1.89. The van der Waals surface area contributed by atoms with Crippen LogP contribution in [0.4, 0.5) is 5.69 Å². The molecule has 5 rings (SSSR count). The highest BCUT2D eigenvalue weighted by Crippen LogP contribution is 2.64. The minimum absolute atomic E-state index is 0.0629. The Kier molecular flexibility index (Phi) is 8.62. The molecule has 2 unspecified atom stereocenters. The highest BCUT2D eigenvalue weighted by molar-refractivity contribution is 6.02. The monoisotopic (exact) mass is 577 g/mol. The van der Waals surface area contributed by atoms with Gasteiger partial charge in [-0.25, -0.2) is 0 Å². The molecular weight excluding hydrogens is 534 g/mol. The lowest BCUT2D eigenvalue weighted by molar-refractivity contribution is -0.151. The van der Waals surface area contributed by atoms with Crippen LogP contribution in [0.25, 0.3) is 0 Å². The van der Waals surface area contributed by atoms with Crippen molar-refractivity contribution in [2.24, 2.45) is 17.8 Å². The van der Waals surface area contributed by atoms with Gasteiger partial charge in [0.2, 0.25) is 17.7 Å². The van der Waals surface area contributed by atoms with Crippen LogP contribution in [0.2, 0.25) is 0 Å². The Hall–Kier alpha value is -3.43. The number of ether oxygens (including phenoxy) is 2. The molecule has 9 heteroatoms. The van der Waals surface area contributed by atoms with Gasteiger partial charge in [0.05, 0.1) is 36.7 Å². The normalized spacial score (nSPS) is 29.2. The molecule has 3 amide bonds. The van der Waals surface area contributed by atoms with E-state index in [4.69, 9.17) is 9.47 Å². The largest absolute Gasteiger partial charge is 0.494 e. The maximum Gasteiger partial charge on any atom is 0.246 e. The number of aliphatic hydroxyl groups is 1. The SMILES string of the molecule is CCOc1ccc(NC(=O)[C@H]2[C@H]3C(=O)N([C@@H](CO)[C@@H](C)CC)C(C(=O)NCc4ccccc4)C34CC[C@]2(CC)O4)cc1. The first-order valence-corrected chi connectivity index (χ1v) is 15.2. The molecule has 0 aliphatic carbocycles. The van der Waals surface area contributed by atoms with Gasteiger partial charge in [-0.05, 0) is 61.9 Å². The maximum absolute atomic E-state index is 14.5. The third-order valence-electron chi connectivity index (χ3n) is 9.74. The third kappa shape index (κ3) is 4.96. The molecule has 0 radical (unpaired) electrons. The number of carbonyl (C=O) groups is 3. The fourth-order valence-electron chi connectivity index (χ4n) is 7.43. The van der Waals surface area contributed by atoms with Crippen LogP contribution in [-0.2, 0) is 25.7 Å². The number of nitrogens with one attached hydrogen (secondary N) is 2. The number of likely N-dealkylation sites (tertiary alicyclic amines) is 1. The first-order valence-electron chi connectivity index (χ1n) is 15.2. The summed E-state index contributed by atoms with van der Waals surface area (Å²) in [7, 11) is 0. The van der Waals surface area contributed by atoms with Crippen molar-refractivity contribution in [3.05, 3.63) is 60.2 Å². The molecule has 2 aromatic carbocycles. The molecule has 3 saturated heterocycles. The van der Waals surface area contributed by atoms with Crippen molar-refractivity contribution in [2.75, 3.05) is 18.5 Å². The number of nitrogens with zero attached hydrogens (tertiary/aromatic N) is 1. The number of hydrogen-bond donors (Lipinski definition) is 3. The molecular formula is C33H43N3O6. The number of amides is 3. The molecule has 2 aromatic rings. The Labute approximate surface area is 248 Å². The van der Waals surface area contributed by atoms with Crippen molar-refractivity contribution in [3.8, 4) is 5.75 Å². The molecule has 42 heavy (non-hydrogen) atoms. The number of fused-ring (bicyclic) bond motifs is 1. The lowest BCUT2D eigenvalue weighted by Gasteiger charge is -2.39. The number of rotatable bonds is 12. The summed E-state index contributed by atoms with van der Waals surface area (Å²) in [5.41, 5.74) is -0.482. The minimum Gasteiger partial charge on any atom is -0.494 e. The zero-order valence-electron chi connectivity index (χ0n) is 25.0. The second-order valence-corrected chi connectivity index (χ2v) is 11.9. The second kappa shape index (κ2) is 12.1. The van der Waals surface area contributed by atoms with E-state index in [1.54, 1.807) is 29.2 Å². The van der Waals surface area contributed by atoms with Crippen LogP contribution in [0.5, 0.6) is 5.75 Å².